The maximum Gasteiger partial charge on any atom is 0.175 e. The number of halogens is 1. The SMILES string of the molecule is CCOc1c(Br)cc(CNCC(c2ccccc2)N2CCCC2)cc1OC. The van der Waals surface area contributed by atoms with Gasteiger partial charge in [0.2, 0.25) is 0 Å². The highest BCUT2D eigenvalue weighted by atomic mass is 79.9. The summed E-state index contributed by atoms with van der Waals surface area (Å²) in [4.78, 5) is 2.59. The van der Waals surface area contributed by atoms with Gasteiger partial charge in [0.1, 0.15) is 0 Å². The molecule has 1 aliphatic heterocycles. The Kier molecular flexibility index (Phi) is 7.56. The topological polar surface area (TPSA) is 33.7 Å². The number of hydrogen-bond donors (Lipinski definition) is 1. The fraction of sp³-hybridized carbons (Fsp3) is 0.455. The van der Waals surface area contributed by atoms with Crippen LogP contribution in [0.15, 0.2) is 46.9 Å². The molecule has 1 heterocycles. The monoisotopic (exact) mass is 432 g/mol. The molecule has 0 radical (unpaired) electrons. The Balaban J connectivity index is 1.67. The summed E-state index contributed by atoms with van der Waals surface area (Å²) in [6, 6.07) is 15.4. The summed E-state index contributed by atoms with van der Waals surface area (Å²) in [5.74, 6) is 1.53. The highest BCUT2D eigenvalue weighted by Gasteiger charge is 2.23. The highest BCUT2D eigenvalue weighted by molar-refractivity contribution is 9.10. The molecule has 3 rings (SSSR count). The minimum absolute atomic E-state index is 0.418. The zero-order chi connectivity index (χ0) is 19.1. The molecule has 2 aromatic carbocycles. The lowest BCUT2D eigenvalue weighted by Gasteiger charge is -2.28. The molecule has 1 unspecified atom stereocenters. The normalized spacial score (nSPS) is 15.7. The van der Waals surface area contributed by atoms with Crippen molar-refractivity contribution in [1.82, 2.24) is 10.2 Å². The summed E-state index contributed by atoms with van der Waals surface area (Å²) >= 11 is 3.61. The van der Waals surface area contributed by atoms with Crippen molar-refractivity contribution in [3.05, 3.63) is 58.1 Å². The second kappa shape index (κ2) is 10.1. The van der Waals surface area contributed by atoms with E-state index in [0.29, 0.717) is 12.6 Å². The molecule has 27 heavy (non-hydrogen) atoms. The van der Waals surface area contributed by atoms with Crippen LogP contribution < -0.4 is 14.8 Å². The van der Waals surface area contributed by atoms with Gasteiger partial charge in [-0.25, -0.2) is 0 Å². The Labute approximate surface area is 171 Å². The van der Waals surface area contributed by atoms with Crippen LogP contribution in [0.4, 0.5) is 0 Å². The van der Waals surface area contributed by atoms with Crippen molar-refractivity contribution in [2.24, 2.45) is 0 Å². The first-order valence-electron chi connectivity index (χ1n) is 9.71. The predicted octanol–water partition coefficient (Wildman–Crippen LogP) is 4.78. The van der Waals surface area contributed by atoms with Gasteiger partial charge in [0.05, 0.1) is 18.2 Å². The van der Waals surface area contributed by atoms with Gasteiger partial charge in [-0.1, -0.05) is 30.3 Å². The highest BCUT2D eigenvalue weighted by Crippen LogP contribution is 2.36. The lowest BCUT2D eigenvalue weighted by atomic mass is 10.1. The van der Waals surface area contributed by atoms with Gasteiger partial charge >= 0.3 is 0 Å². The lowest BCUT2D eigenvalue weighted by molar-refractivity contribution is 0.238. The lowest BCUT2D eigenvalue weighted by Crippen LogP contribution is -2.34. The van der Waals surface area contributed by atoms with Gasteiger partial charge in [0.15, 0.2) is 11.5 Å². The molecule has 2 aromatic rings. The number of rotatable bonds is 9. The Morgan fingerprint density at radius 2 is 1.89 bits per heavy atom. The fourth-order valence-corrected chi connectivity index (χ4v) is 4.30. The van der Waals surface area contributed by atoms with Crippen LogP contribution in [0.2, 0.25) is 0 Å². The molecule has 1 N–H and O–H groups in total. The van der Waals surface area contributed by atoms with Crippen LogP contribution in [0, 0.1) is 0 Å². The van der Waals surface area contributed by atoms with Crippen molar-refractivity contribution in [1.29, 1.82) is 0 Å². The largest absolute Gasteiger partial charge is 0.493 e. The second-order valence-electron chi connectivity index (χ2n) is 6.84. The van der Waals surface area contributed by atoms with Crippen LogP contribution in [0.3, 0.4) is 0 Å². The molecule has 0 aromatic heterocycles. The molecule has 0 aliphatic carbocycles. The number of benzene rings is 2. The zero-order valence-electron chi connectivity index (χ0n) is 16.2. The minimum atomic E-state index is 0.418. The van der Waals surface area contributed by atoms with Gasteiger partial charge < -0.3 is 14.8 Å². The fourth-order valence-electron chi connectivity index (χ4n) is 3.70. The van der Waals surface area contributed by atoms with E-state index in [-0.39, 0.29) is 0 Å². The van der Waals surface area contributed by atoms with Gasteiger partial charge in [0, 0.05) is 19.1 Å². The van der Waals surface area contributed by atoms with E-state index in [9.17, 15) is 0 Å². The number of likely N-dealkylation sites (tertiary alicyclic amines) is 1. The molecule has 146 valence electrons. The van der Waals surface area contributed by atoms with Crippen molar-refractivity contribution in [2.75, 3.05) is 33.4 Å². The molecule has 1 atom stereocenters. The molecule has 0 saturated carbocycles. The van der Waals surface area contributed by atoms with E-state index in [1.165, 1.54) is 37.1 Å². The summed E-state index contributed by atoms with van der Waals surface area (Å²) in [6.45, 7) is 6.67. The van der Waals surface area contributed by atoms with E-state index in [0.717, 1.165) is 29.1 Å². The number of ether oxygens (including phenoxy) is 2. The average Bonchev–Trinajstić information content (AvgIpc) is 3.22. The summed E-state index contributed by atoms with van der Waals surface area (Å²) in [7, 11) is 1.68. The molecule has 0 bridgehead atoms. The molecular weight excluding hydrogens is 404 g/mol. The number of nitrogens with one attached hydrogen (secondary N) is 1. The van der Waals surface area contributed by atoms with Crippen LogP contribution in [-0.2, 0) is 6.54 Å². The van der Waals surface area contributed by atoms with Crippen molar-refractivity contribution < 1.29 is 9.47 Å². The van der Waals surface area contributed by atoms with Gasteiger partial charge in [0.25, 0.3) is 0 Å². The van der Waals surface area contributed by atoms with Crippen molar-refractivity contribution in [3.63, 3.8) is 0 Å². The van der Waals surface area contributed by atoms with Crippen LogP contribution in [0.5, 0.6) is 11.5 Å². The van der Waals surface area contributed by atoms with Crippen molar-refractivity contribution >= 4 is 15.9 Å². The molecule has 1 aliphatic rings. The Bertz CT molecular complexity index is 718. The van der Waals surface area contributed by atoms with Crippen LogP contribution in [0.1, 0.15) is 36.9 Å². The first-order chi connectivity index (χ1) is 13.2. The summed E-state index contributed by atoms with van der Waals surface area (Å²) in [5.41, 5.74) is 2.56. The van der Waals surface area contributed by atoms with E-state index in [1.807, 2.05) is 6.92 Å². The van der Waals surface area contributed by atoms with Crippen molar-refractivity contribution in [2.45, 2.75) is 32.4 Å². The third kappa shape index (κ3) is 5.24. The zero-order valence-corrected chi connectivity index (χ0v) is 17.8. The molecule has 0 spiro atoms. The van der Waals surface area contributed by atoms with Gasteiger partial charge in [-0.05, 0) is 72.0 Å². The van der Waals surface area contributed by atoms with E-state index in [1.54, 1.807) is 7.11 Å². The first-order valence-corrected chi connectivity index (χ1v) is 10.5. The average molecular weight is 433 g/mol. The summed E-state index contributed by atoms with van der Waals surface area (Å²) in [6.07, 6.45) is 2.60. The Morgan fingerprint density at radius 3 is 2.56 bits per heavy atom. The number of methoxy groups -OCH3 is 1. The van der Waals surface area contributed by atoms with E-state index in [2.05, 4.69) is 68.6 Å². The first kappa shape index (κ1) is 20.2. The predicted molar refractivity (Wildman–Crippen MR) is 114 cm³/mol. The third-order valence-corrected chi connectivity index (χ3v) is 5.60. The molecule has 1 fully saturated rings. The van der Waals surface area contributed by atoms with Gasteiger partial charge in [-0.2, -0.15) is 0 Å². The molecule has 1 saturated heterocycles. The van der Waals surface area contributed by atoms with E-state index in [4.69, 9.17) is 9.47 Å². The molecule has 5 heteroatoms. The van der Waals surface area contributed by atoms with E-state index >= 15 is 0 Å². The number of nitrogens with zero attached hydrogens (tertiary/aromatic N) is 1. The maximum atomic E-state index is 5.68. The van der Waals surface area contributed by atoms with Gasteiger partial charge in [-0.15, -0.1) is 0 Å². The van der Waals surface area contributed by atoms with Crippen LogP contribution in [0.25, 0.3) is 0 Å². The quantitative estimate of drug-likeness (QED) is 0.617. The summed E-state index contributed by atoms with van der Waals surface area (Å²) < 4.78 is 12.1. The Morgan fingerprint density at radius 1 is 1.15 bits per heavy atom. The molecular formula is C22H29BrN2O2. The molecule has 0 amide bonds. The van der Waals surface area contributed by atoms with Crippen molar-refractivity contribution in [3.8, 4) is 11.5 Å². The van der Waals surface area contributed by atoms with Crippen LogP contribution >= 0.6 is 15.9 Å². The standard InChI is InChI=1S/C22H29BrN2O2/c1-3-27-22-19(23)13-17(14-21(22)26-2)15-24-16-20(25-11-7-8-12-25)18-9-5-4-6-10-18/h4-6,9-10,13-14,20,24H,3,7-8,11-12,15-16H2,1-2H3. The Hall–Kier alpha value is -1.56. The third-order valence-electron chi connectivity index (χ3n) is 5.01. The van der Waals surface area contributed by atoms with Gasteiger partial charge in [-0.3, -0.25) is 4.90 Å². The summed E-state index contributed by atoms with van der Waals surface area (Å²) in [5, 5.41) is 3.65. The smallest absolute Gasteiger partial charge is 0.175 e. The maximum absolute atomic E-state index is 5.68. The second-order valence-corrected chi connectivity index (χ2v) is 7.70. The van der Waals surface area contributed by atoms with Crippen LogP contribution in [-0.4, -0.2) is 38.3 Å². The minimum Gasteiger partial charge on any atom is -0.493 e. The van der Waals surface area contributed by atoms with E-state index < -0.39 is 0 Å². The number of hydrogen-bond acceptors (Lipinski definition) is 4. The molecule has 4 nitrogen and oxygen atoms in total.